The molecule has 0 saturated heterocycles. The van der Waals surface area contributed by atoms with Gasteiger partial charge < -0.3 is 11.1 Å². The summed E-state index contributed by atoms with van der Waals surface area (Å²) >= 11 is 0. The lowest BCUT2D eigenvalue weighted by Crippen LogP contribution is -2.46. The lowest BCUT2D eigenvalue weighted by atomic mass is 9.83. The summed E-state index contributed by atoms with van der Waals surface area (Å²) in [5.41, 5.74) is 8.31. The molecule has 1 unspecified atom stereocenters. The maximum atomic E-state index is 12.9. The first-order valence-corrected chi connectivity index (χ1v) is 12.1. The molecule has 1 aliphatic carbocycles. The number of nitrogens with two attached hydrogens (primary N) is 1. The minimum atomic E-state index is -4.00. The minimum absolute atomic E-state index is 0.0891. The monoisotopic (exact) mass is 499 g/mol. The van der Waals surface area contributed by atoms with E-state index >= 15 is 0 Å². The van der Waals surface area contributed by atoms with Gasteiger partial charge >= 0.3 is 6.18 Å². The van der Waals surface area contributed by atoms with E-state index in [1.54, 1.807) is 0 Å². The molecule has 12 heteroatoms. The summed E-state index contributed by atoms with van der Waals surface area (Å²) in [6.45, 7) is 3.12. The number of nitrogens with one attached hydrogen (secondary N) is 2. The number of hydrogen-bond donors (Lipinski definition) is 3. The van der Waals surface area contributed by atoms with Gasteiger partial charge in [-0.05, 0) is 62.3 Å². The molecular weight excluding hydrogens is 471 g/mol. The van der Waals surface area contributed by atoms with Crippen LogP contribution in [0.25, 0.3) is 0 Å². The van der Waals surface area contributed by atoms with E-state index in [-0.39, 0.29) is 36.0 Å². The molecule has 0 radical (unpaired) electrons. The molecule has 34 heavy (non-hydrogen) atoms. The van der Waals surface area contributed by atoms with E-state index in [2.05, 4.69) is 15.3 Å². The number of hydrogen-bond acceptors (Lipinski definition) is 6. The van der Waals surface area contributed by atoms with Crippen LogP contribution in [-0.2, 0) is 16.3 Å². The SMILES string of the molecule is CC(C)(C(=N)N)S(=O)(=O)CC1CCCc2ccc(NC(=O)c3cnccn3)cc21.CC(F)(F)F. The zero-order valence-corrected chi connectivity index (χ0v) is 19.9. The second kappa shape index (κ2) is 10.5. The number of carbonyl (C=O) groups is 1. The predicted octanol–water partition coefficient (Wildman–Crippen LogP) is 3.85. The maximum Gasteiger partial charge on any atom is 0.386 e. The van der Waals surface area contributed by atoms with Crippen LogP contribution in [0.15, 0.2) is 36.8 Å². The Morgan fingerprint density at radius 2 is 1.88 bits per heavy atom. The highest BCUT2D eigenvalue weighted by molar-refractivity contribution is 7.93. The fraction of sp³-hybridized carbons (Fsp3) is 0.455. The average Bonchev–Trinajstić information content (AvgIpc) is 2.73. The van der Waals surface area contributed by atoms with Crippen molar-refractivity contribution in [2.24, 2.45) is 5.73 Å². The van der Waals surface area contributed by atoms with Gasteiger partial charge in [-0.3, -0.25) is 15.2 Å². The third-order valence-electron chi connectivity index (χ3n) is 5.48. The van der Waals surface area contributed by atoms with Gasteiger partial charge in [0.05, 0.1) is 11.9 Å². The van der Waals surface area contributed by atoms with Crippen molar-refractivity contribution in [2.75, 3.05) is 11.1 Å². The molecule has 0 spiro atoms. The van der Waals surface area contributed by atoms with E-state index in [0.29, 0.717) is 5.69 Å². The van der Waals surface area contributed by atoms with Crippen LogP contribution in [0.4, 0.5) is 18.9 Å². The predicted molar refractivity (Wildman–Crippen MR) is 124 cm³/mol. The lowest BCUT2D eigenvalue weighted by molar-refractivity contribution is -0.110. The third kappa shape index (κ3) is 7.24. The number of anilines is 1. The Kier molecular flexibility index (Phi) is 8.40. The van der Waals surface area contributed by atoms with Crippen molar-refractivity contribution in [3.05, 3.63) is 53.6 Å². The summed E-state index contributed by atoms with van der Waals surface area (Å²) in [6.07, 6.45) is 2.79. The lowest BCUT2D eigenvalue weighted by Gasteiger charge is -2.30. The second-order valence-corrected chi connectivity index (χ2v) is 11.1. The molecule has 1 aromatic heterocycles. The van der Waals surface area contributed by atoms with Crippen LogP contribution in [0, 0.1) is 5.41 Å². The number of amidine groups is 1. The Labute approximate surface area is 196 Å². The molecule has 0 bridgehead atoms. The number of benzene rings is 1. The van der Waals surface area contributed by atoms with Crippen molar-refractivity contribution in [2.45, 2.75) is 56.9 Å². The molecule has 0 saturated carbocycles. The fourth-order valence-corrected chi connectivity index (χ4v) is 5.03. The van der Waals surface area contributed by atoms with Crippen LogP contribution < -0.4 is 11.1 Å². The number of amides is 1. The van der Waals surface area contributed by atoms with Crippen LogP contribution in [0.3, 0.4) is 0 Å². The number of alkyl halides is 3. The zero-order chi connectivity index (χ0) is 25.7. The molecule has 4 N–H and O–H groups in total. The number of nitrogens with zero attached hydrogens (tertiary/aromatic N) is 2. The van der Waals surface area contributed by atoms with Crippen LogP contribution in [0.1, 0.15) is 61.1 Å². The number of sulfone groups is 1. The topological polar surface area (TPSA) is 139 Å². The number of carbonyl (C=O) groups excluding carboxylic acids is 1. The van der Waals surface area contributed by atoms with Crippen LogP contribution in [0.2, 0.25) is 0 Å². The number of rotatable bonds is 6. The molecule has 1 aliphatic rings. The standard InChI is InChI=1S/C20H25N5O3S.C2H3F3/c1-20(2,19(21)22)29(27,28)12-14-5-3-4-13-6-7-15(10-16(13)14)25-18(26)17-11-23-8-9-24-17;1-2(3,4)5/h6-11,14H,3-5,12H2,1-2H3,(H3,21,22)(H,25,26);1H3. The minimum Gasteiger partial charge on any atom is -0.386 e. The molecule has 1 atom stereocenters. The van der Waals surface area contributed by atoms with Gasteiger partial charge in [0.15, 0.2) is 9.84 Å². The molecule has 1 heterocycles. The van der Waals surface area contributed by atoms with Crippen molar-refractivity contribution in [1.29, 1.82) is 5.41 Å². The van der Waals surface area contributed by atoms with Crippen molar-refractivity contribution >= 4 is 27.3 Å². The van der Waals surface area contributed by atoms with Gasteiger partial charge in [-0.25, -0.2) is 13.4 Å². The van der Waals surface area contributed by atoms with Crippen LogP contribution in [0.5, 0.6) is 0 Å². The van der Waals surface area contributed by atoms with Crippen molar-refractivity contribution in [3.8, 4) is 0 Å². The first-order chi connectivity index (χ1) is 15.6. The Morgan fingerprint density at radius 1 is 1.24 bits per heavy atom. The second-order valence-electron chi connectivity index (χ2n) is 8.53. The summed E-state index contributed by atoms with van der Waals surface area (Å²) in [5.74, 6) is -1.04. The van der Waals surface area contributed by atoms with Gasteiger partial charge in [0.1, 0.15) is 16.3 Å². The van der Waals surface area contributed by atoms with Crippen LogP contribution >= 0.6 is 0 Å². The van der Waals surface area contributed by atoms with E-state index in [4.69, 9.17) is 11.1 Å². The molecule has 0 aliphatic heterocycles. The van der Waals surface area contributed by atoms with Gasteiger partial charge in [0, 0.05) is 25.0 Å². The molecule has 3 rings (SSSR count). The van der Waals surface area contributed by atoms with E-state index in [0.717, 1.165) is 30.4 Å². The number of fused-ring (bicyclic) bond motifs is 1. The smallest absolute Gasteiger partial charge is 0.386 e. The first kappa shape index (κ1) is 27.2. The van der Waals surface area contributed by atoms with Gasteiger partial charge in [0.25, 0.3) is 5.91 Å². The molecule has 0 fully saturated rings. The Hall–Kier alpha value is -3.02. The molecular formula is C22H28F3N5O3S. The summed E-state index contributed by atoms with van der Waals surface area (Å²) in [4.78, 5) is 20.2. The van der Waals surface area contributed by atoms with E-state index in [9.17, 15) is 26.4 Å². The summed E-state index contributed by atoms with van der Waals surface area (Å²) in [7, 11) is -3.64. The van der Waals surface area contributed by atoms with E-state index < -0.39 is 20.8 Å². The van der Waals surface area contributed by atoms with Gasteiger partial charge in [0.2, 0.25) is 0 Å². The number of aryl methyl sites for hydroxylation is 1. The van der Waals surface area contributed by atoms with Gasteiger partial charge in [-0.15, -0.1) is 0 Å². The molecule has 1 amide bonds. The highest BCUT2D eigenvalue weighted by atomic mass is 32.2. The highest BCUT2D eigenvalue weighted by Gasteiger charge is 2.40. The number of aromatic nitrogens is 2. The summed E-state index contributed by atoms with van der Waals surface area (Å²) in [5, 5.41) is 10.4. The fourth-order valence-electron chi connectivity index (χ4n) is 3.40. The molecule has 1 aromatic carbocycles. The highest BCUT2D eigenvalue weighted by Crippen LogP contribution is 2.36. The van der Waals surface area contributed by atoms with Crippen molar-refractivity contribution in [3.63, 3.8) is 0 Å². The first-order valence-electron chi connectivity index (χ1n) is 10.5. The normalized spacial score (nSPS) is 16.0. The zero-order valence-electron chi connectivity index (χ0n) is 19.1. The quantitative estimate of drug-likeness (QED) is 0.408. The Morgan fingerprint density at radius 3 is 2.44 bits per heavy atom. The van der Waals surface area contributed by atoms with E-state index in [1.165, 1.54) is 32.4 Å². The Balaban J connectivity index is 0.000000739. The summed E-state index contributed by atoms with van der Waals surface area (Å²) in [6, 6.07) is 5.57. The maximum absolute atomic E-state index is 12.9. The van der Waals surface area contributed by atoms with Crippen molar-refractivity contribution < 1.29 is 26.4 Å². The van der Waals surface area contributed by atoms with Gasteiger partial charge in [-0.1, -0.05) is 6.07 Å². The number of halogens is 3. The molecule has 2 aromatic rings. The molecule has 186 valence electrons. The van der Waals surface area contributed by atoms with Crippen molar-refractivity contribution in [1.82, 2.24) is 9.97 Å². The largest absolute Gasteiger partial charge is 0.386 e. The molecule has 8 nitrogen and oxygen atoms in total. The van der Waals surface area contributed by atoms with E-state index in [1.807, 2.05) is 18.2 Å². The Bertz CT molecular complexity index is 1130. The van der Waals surface area contributed by atoms with Crippen LogP contribution in [-0.4, -0.2) is 46.8 Å². The summed E-state index contributed by atoms with van der Waals surface area (Å²) < 4.78 is 55.5. The van der Waals surface area contributed by atoms with Gasteiger partial charge in [-0.2, -0.15) is 13.2 Å². The third-order valence-corrected chi connectivity index (χ3v) is 8.10. The average molecular weight is 500 g/mol.